The topological polar surface area (TPSA) is 63.6 Å². The average molecular weight is 250 g/mol. The van der Waals surface area contributed by atoms with Crippen molar-refractivity contribution in [2.24, 2.45) is 5.92 Å². The number of aliphatic carboxylic acids is 1. The van der Waals surface area contributed by atoms with Crippen molar-refractivity contribution in [3.8, 4) is 0 Å². The molecule has 4 heteroatoms. The van der Waals surface area contributed by atoms with Gasteiger partial charge in [-0.25, -0.2) is 0 Å². The number of hydrogen-bond acceptors (Lipinski definition) is 3. The van der Waals surface area contributed by atoms with Gasteiger partial charge in [0.2, 0.25) is 0 Å². The summed E-state index contributed by atoms with van der Waals surface area (Å²) < 4.78 is 5.38. The molecule has 0 aliphatic rings. The Bertz CT molecular complexity index is 427. The number of carbonyl (C=O) groups is 2. The summed E-state index contributed by atoms with van der Waals surface area (Å²) in [6.45, 7) is 5.01. The maximum atomic E-state index is 11.7. The van der Waals surface area contributed by atoms with Gasteiger partial charge in [-0.1, -0.05) is 37.3 Å². The summed E-state index contributed by atoms with van der Waals surface area (Å²) in [5.74, 6) is -3.04. The van der Waals surface area contributed by atoms with E-state index in [-0.39, 0.29) is 0 Å². The van der Waals surface area contributed by atoms with E-state index in [1.165, 1.54) is 6.92 Å². The van der Waals surface area contributed by atoms with Gasteiger partial charge in [0.15, 0.2) is 5.92 Å². The molecule has 1 aromatic carbocycles. The van der Waals surface area contributed by atoms with E-state index in [1.54, 1.807) is 6.92 Å². The smallest absolute Gasteiger partial charge is 0.320 e. The first-order valence-electron chi connectivity index (χ1n) is 5.92. The van der Waals surface area contributed by atoms with E-state index in [0.29, 0.717) is 6.42 Å². The van der Waals surface area contributed by atoms with Crippen LogP contribution >= 0.6 is 0 Å². The van der Waals surface area contributed by atoms with E-state index in [4.69, 9.17) is 9.84 Å². The predicted octanol–water partition coefficient (Wildman–Crippen LogP) is 2.58. The molecular formula is C14H18O4. The lowest BCUT2D eigenvalue weighted by Crippen LogP contribution is -2.33. The molecule has 0 aromatic heterocycles. The van der Waals surface area contributed by atoms with E-state index in [1.807, 2.05) is 37.3 Å². The van der Waals surface area contributed by atoms with E-state index < -0.39 is 23.5 Å². The zero-order chi connectivity index (χ0) is 13.8. The number of hydrogen-bond donors (Lipinski definition) is 1. The fourth-order valence-electron chi connectivity index (χ4n) is 1.54. The van der Waals surface area contributed by atoms with Crippen LogP contribution in [0.3, 0.4) is 0 Å². The summed E-state index contributed by atoms with van der Waals surface area (Å²) in [4.78, 5) is 22.5. The Labute approximate surface area is 107 Å². The van der Waals surface area contributed by atoms with Crippen LogP contribution in [0.2, 0.25) is 0 Å². The van der Waals surface area contributed by atoms with Crippen LogP contribution in [0.5, 0.6) is 0 Å². The van der Waals surface area contributed by atoms with Crippen LogP contribution in [0.1, 0.15) is 32.8 Å². The minimum atomic E-state index is -1.17. The summed E-state index contributed by atoms with van der Waals surface area (Å²) in [5, 5.41) is 8.79. The van der Waals surface area contributed by atoms with E-state index in [9.17, 15) is 9.59 Å². The highest BCUT2D eigenvalue weighted by Crippen LogP contribution is 2.29. The number of benzene rings is 1. The number of ether oxygens (including phenoxy) is 1. The van der Waals surface area contributed by atoms with Crippen molar-refractivity contribution < 1.29 is 19.4 Å². The Morgan fingerprint density at radius 1 is 1.33 bits per heavy atom. The van der Waals surface area contributed by atoms with Gasteiger partial charge in [-0.05, 0) is 25.8 Å². The van der Waals surface area contributed by atoms with Gasteiger partial charge in [-0.15, -0.1) is 0 Å². The monoisotopic (exact) mass is 250 g/mol. The van der Waals surface area contributed by atoms with Crippen LogP contribution in [0.4, 0.5) is 0 Å². The molecule has 2 unspecified atom stereocenters. The molecule has 18 heavy (non-hydrogen) atoms. The molecule has 1 rings (SSSR count). The van der Waals surface area contributed by atoms with Crippen molar-refractivity contribution in [3.63, 3.8) is 0 Å². The standard InChI is InChI=1S/C14H18O4/c1-4-14(3,11-8-6-5-7-9-11)18-13(17)10(2)12(15)16/h5-10H,4H2,1-3H3,(H,15,16). The largest absolute Gasteiger partial charge is 0.481 e. The molecule has 0 spiro atoms. The third kappa shape index (κ3) is 3.09. The number of carboxylic acid groups (broad SMARTS) is 1. The first-order valence-corrected chi connectivity index (χ1v) is 5.92. The van der Waals surface area contributed by atoms with Gasteiger partial charge in [0.05, 0.1) is 0 Å². The molecule has 0 aliphatic carbocycles. The number of esters is 1. The molecular weight excluding hydrogens is 232 g/mol. The average Bonchev–Trinajstić information content (AvgIpc) is 2.38. The molecule has 4 nitrogen and oxygen atoms in total. The van der Waals surface area contributed by atoms with Gasteiger partial charge >= 0.3 is 11.9 Å². The number of carboxylic acids is 1. The quantitative estimate of drug-likeness (QED) is 0.644. The normalized spacial score (nSPS) is 15.5. The van der Waals surface area contributed by atoms with Crippen molar-refractivity contribution in [2.45, 2.75) is 32.8 Å². The molecule has 2 atom stereocenters. The molecule has 0 amide bonds. The molecule has 0 heterocycles. The highest BCUT2D eigenvalue weighted by Gasteiger charge is 2.33. The molecule has 1 aromatic rings. The van der Waals surface area contributed by atoms with E-state index in [0.717, 1.165) is 5.56 Å². The van der Waals surface area contributed by atoms with Crippen molar-refractivity contribution in [1.29, 1.82) is 0 Å². The molecule has 0 radical (unpaired) electrons. The maximum Gasteiger partial charge on any atom is 0.320 e. The molecule has 0 bridgehead atoms. The van der Waals surface area contributed by atoms with Gasteiger partial charge in [-0.2, -0.15) is 0 Å². The Balaban J connectivity index is 2.91. The van der Waals surface area contributed by atoms with Crippen LogP contribution in [0, 0.1) is 5.92 Å². The number of rotatable bonds is 5. The fourth-order valence-corrected chi connectivity index (χ4v) is 1.54. The lowest BCUT2D eigenvalue weighted by Gasteiger charge is -2.29. The van der Waals surface area contributed by atoms with Gasteiger partial charge in [-0.3, -0.25) is 9.59 Å². The summed E-state index contributed by atoms with van der Waals surface area (Å²) in [5.41, 5.74) is 0.0700. The zero-order valence-electron chi connectivity index (χ0n) is 10.8. The Morgan fingerprint density at radius 3 is 2.33 bits per heavy atom. The molecule has 0 saturated heterocycles. The number of carbonyl (C=O) groups excluding carboxylic acids is 1. The van der Waals surface area contributed by atoms with Gasteiger partial charge in [0.1, 0.15) is 5.60 Å². The predicted molar refractivity (Wildman–Crippen MR) is 67.0 cm³/mol. The Hall–Kier alpha value is -1.84. The third-order valence-electron chi connectivity index (χ3n) is 3.11. The molecule has 0 saturated carbocycles. The zero-order valence-corrected chi connectivity index (χ0v) is 10.8. The van der Waals surface area contributed by atoms with Crippen molar-refractivity contribution in [3.05, 3.63) is 35.9 Å². The third-order valence-corrected chi connectivity index (χ3v) is 3.11. The molecule has 0 aliphatic heterocycles. The summed E-state index contributed by atoms with van der Waals surface area (Å²) in [7, 11) is 0. The SMILES string of the molecule is CCC(C)(OC(=O)C(C)C(=O)O)c1ccccc1. The van der Waals surface area contributed by atoms with E-state index in [2.05, 4.69) is 0 Å². The summed E-state index contributed by atoms with van der Waals surface area (Å²) in [6, 6.07) is 9.32. The maximum absolute atomic E-state index is 11.7. The van der Waals surface area contributed by atoms with Crippen LogP contribution in [0.25, 0.3) is 0 Å². The molecule has 98 valence electrons. The second kappa shape index (κ2) is 5.67. The van der Waals surface area contributed by atoms with Crippen molar-refractivity contribution in [1.82, 2.24) is 0 Å². The van der Waals surface area contributed by atoms with Crippen LogP contribution in [-0.4, -0.2) is 17.0 Å². The molecule has 0 fully saturated rings. The van der Waals surface area contributed by atoms with Crippen molar-refractivity contribution >= 4 is 11.9 Å². The highest BCUT2D eigenvalue weighted by atomic mass is 16.6. The van der Waals surface area contributed by atoms with Gasteiger partial charge in [0.25, 0.3) is 0 Å². The summed E-state index contributed by atoms with van der Waals surface area (Å²) in [6.07, 6.45) is 0.578. The van der Waals surface area contributed by atoms with Gasteiger partial charge in [0, 0.05) is 0 Å². The Morgan fingerprint density at radius 2 is 1.89 bits per heavy atom. The van der Waals surface area contributed by atoms with Gasteiger partial charge < -0.3 is 9.84 Å². The minimum Gasteiger partial charge on any atom is -0.481 e. The second-order valence-electron chi connectivity index (χ2n) is 4.43. The highest BCUT2D eigenvalue weighted by molar-refractivity contribution is 5.93. The lowest BCUT2D eigenvalue weighted by molar-refractivity contribution is -0.169. The van der Waals surface area contributed by atoms with Crippen LogP contribution < -0.4 is 0 Å². The summed E-state index contributed by atoms with van der Waals surface area (Å²) >= 11 is 0. The fraction of sp³-hybridized carbons (Fsp3) is 0.429. The molecule has 1 N–H and O–H groups in total. The second-order valence-corrected chi connectivity index (χ2v) is 4.43. The van der Waals surface area contributed by atoms with E-state index >= 15 is 0 Å². The van der Waals surface area contributed by atoms with Crippen LogP contribution in [-0.2, 0) is 19.9 Å². The minimum absolute atomic E-state index is 0.578. The van der Waals surface area contributed by atoms with Crippen molar-refractivity contribution in [2.75, 3.05) is 0 Å². The first kappa shape index (κ1) is 14.2. The Kier molecular flexibility index (Phi) is 4.48. The first-order chi connectivity index (χ1) is 8.40. The van der Waals surface area contributed by atoms with Crippen LogP contribution in [0.15, 0.2) is 30.3 Å². The lowest BCUT2D eigenvalue weighted by atomic mass is 9.93.